The number of Topliss-reactive ketones (excluding diaryl/α,β-unsaturated/α-hetero) is 1. The van der Waals surface area contributed by atoms with Gasteiger partial charge in [0.2, 0.25) is 0 Å². The molecule has 2 fully saturated rings. The van der Waals surface area contributed by atoms with E-state index in [9.17, 15) is 4.79 Å². The number of hydrogen-bond acceptors (Lipinski definition) is 1. The van der Waals surface area contributed by atoms with Gasteiger partial charge in [-0.05, 0) is 31.8 Å². The van der Waals surface area contributed by atoms with Crippen LogP contribution in [0.2, 0.25) is 0 Å². The molecule has 0 unspecified atom stereocenters. The second-order valence-electron chi connectivity index (χ2n) is 7.12. The Morgan fingerprint density at radius 1 is 1.18 bits per heavy atom. The van der Waals surface area contributed by atoms with E-state index in [1.165, 1.54) is 16.7 Å². The molecule has 1 nitrogen and oxygen atoms in total. The molecule has 17 heavy (non-hydrogen) atoms. The molecule has 0 N–H and O–H groups in total. The van der Waals surface area contributed by atoms with Gasteiger partial charge in [0.05, 0.1) is 0 Å². The van der Waals surface area contributed by atoms with Crippen molar-refractivity contribution in [2.75, 3.05) is 0 Å². The fraction of sp³-hybridized carbons (Fsp3) is 0.688. The first-order valence-electron chi connectivity index (χ1n) is 6.60. The van der Waals surface area contributed by atoms with Crippen LogP contribution in [-0.4, -0.2) is 5.78 Å². The van der Waals surface area contributed by atoms with Crippen molar-refractivity contribution in [1.29, 1.82) is 0 Å². The summed E-state index contributed by atoms with van der Waals surface area (Å²) in [6.45, 7) is 13.4. The van der Waals surface area contributed by atoms with E-state index in [1.807, 2.05) is 0 Å². The average molecular weight is 230 g/mol. The normalized spacial score (nSPS) is 46.6. The van der Waals surface area contributed by atoms with Crippen molar-refractivity contribution in [2.45, 2.75) is 48.0 Å². The molecule has 3 rings (SSSR count). The minimum atomic E-state index is -0.112. The molecule has 3 atom stereocenters. The summed E-state index contributed by atoms with van der Waals surface area (Å²) in [5.74, 6) is 0.945. The molecule has 1 heteroatoms. The molecule has 0 aliphatic heterocycles. The van der Waals surface area contributed by atoms with Gasteiger partial charge >= 0.3 is 0 Å². The predicted molar refractivity (Wildman–Crippen MR) is 69.6 cm³/mol. The molecular formula is C16H22O. The molecule has 0 aromatic rings. The van der Waals surface area contributed by atoms with Crippen molar-refractivity contribution in [1.82, 2.24) is 0 Å². The molecule has 92 valence electrons. The molecule has 2 saturated carbocycles. The van der Waals surface area contributed by atoms with Crippen LogP contribution < -0.4 is 0 Å². The van der Waals surface area contributed by atoms with Gasteiger partial charge in [-0.1, -0.05) is 38.0 Å². The van der Waals surface area contributed by atoms with Crippen molar-refractivity contribution in [3.05, 3.63) is 22.8 Å². The number of carbonyl (C=O) groups excluding carboxylic acids is 1. The van der Waals surface area contributed by atoms with Crippen molar-refractivity contribution in [3.8, 4) is 0 Å². The molecule has 0 radical (unpaired) electrons. The molecule has 3 aliphatic rings. The summed E-state index contributed by atoms with van der Waals surface area (Å²) in [6, 6.07) is 0. The van der Waals surface area contributed by atoms with Crippen LogP contribution in [0.4, 0.5) is 0 Å². The van der Waals surface area contributed by atoms with Gasteiger partial charge in [-0.3, -0.25) is 4.79 Å². The Morgan fingerprint density at radius 2 is 1.76 bits per heavy atom. The first kappa shape index (κ1) is 11.3. The highest BCUT2D eigenvalue weighted by molar-refractivity contribution is 5.96. The summed E-state index contributed by atoms with van der Waals surface area (Å²) in [7, 11) is 0. The summed E-state index contributed by atoms with van der Waals surface area (Å²) < 4.78 is 0. The molecule has 0 bridgehead atoms. The minimum Gasteiger partial charge on any atom is -0.299 e. The minimum absolute atomic E-state index is 0.112. The molecule has 0 saturated heterocycles. The van der Waals surface area contributed by atoms with E-state index in [0.717, 1.165) is 6.42 Å². The standard InChI is InChI=1S/C16H22O/c1-9-7-16-13(11(3)10(9)2)15(16,6)12(17)8-14(16,4)5/h7,13H,8H2,1-6H3/t13-,15-,16-/m1/s1. The number of rotatable bonds is 0. The fourth-order valence-electron chi connectivity index (χ4n) is 5.04. The predicted octanol–water partition coefficient (Wildman–Crippen LogP) is 3.90. The molecule has 1 spiro atoms. The number of allylic oxidation sites excluding steroid dienone is 4. The molecule has 0 aromatic heterocycles. The Bertz CT molecular complexity index is 506. The van der Waals surface area contributed by atoms with Crippen LogP contribution in [0.25, 0.3) is 0 Å². The highest BCUT2D eigenvalue weighted by Crippen LogP contribution is 2.85. The highest BCUT2D eigenvalue weighted by Gasteiger charge is 2.85. The largest absolute Gasteiger partial charge is 0.299 e. The van der Waals surface area contributed by atoms with Crippen molar-refractivity contribution in [3.63, 3.8) is 0 Å². The maximum Gasteiger partial charge on any atom is 0.140 e. The summed E-state index contributed by atoms with van der Waals surface area (Å²) >= 11 is 0. The van der Waals surface area contributed by atoms with Crippen molar-refractivity contribution in [2.24, 2.45) is 22.2 Å². The Morgan fingerprint density at radius 3 is 2.35 bits per heavy atom. The lowest BCUT2D eigenvalue weighted by Gasteiger charge is -2.33. The summed E-state index contributed by atoms with van der Waals surface area (Å²) in [5.41, 5.74) is 4.36. The molecule has 3 aliphatic carbocycles. The van der Waals surface area contributed by atoms with Crippen LogP contribution in [0.5, 0.6) is 0 Å². The van der Waals surface area contributed by atoms with Gasteiger partial charge < -0.3 is 0 Å². The third-order valence-electron chi connectivity index (χ3n) is 6.17. The van der Waals surface area contributed by atoms with Gasteiger partial charge in [-0.25, -0.2) is 0 Å². The maximum atomic E-state index is 12.4. The first-order chi connectivity index (χ1) is 7.70. The zero-order valence-corrected chi connectivity index (χ0v) is 11.8. The Labute approximate surface area is 104 Å². The smallest absolute Gasteiger partial charge is 0.140 e. The number of hydrogen-bond donors (Lipinski definition) is 0. The number of carbonyl (C=O) groups is 1. The zero-order valence-electron chi connectivity index (χ0n) is 11.8. The van der Waals surface area contributed by atoms with Gasteiger partial charge in [0.1, 0.15) is 5.78 Å². The van der Waals surface area contributed by atoms with E-state index in [1.54, 1.807) is 0 Å². The lowest BCUT2D eigenvalue weighted by Crippen LogP contribution is -2.26. The van der Waals surface area contributed by atoms with Crippen LogP contribution in [0.15, 0.2) is 22.8 Å². The van der Waals surface area contributed by atoms with Crippen LogP contribution in [0.1, 0.15) is 48.0 Å². The fourth-order valence-corrected chi connectivity index (χ4v) is 5.04. The molecule has 0 heterocycles. The van der Waals surface area contributed by atoms with E-state index in [2.05, 4.69) is 47.6 Å². The Balaban J connectivity index is 2.27. The van der Waals surface area contributed by atoms with Gasteiger partial charge in [-0.2, -0.15) is 0 Å². The summed E-state index contributed by atoms with van der Waals surface area (Å²) in [6.07, 6.45) is 3.17. The summed E-state index contributed by atoms with van der Waals surface area (Å²) in [5, 5.41) is 0. The molecule has 0 aromatic carbocycles. The number of ketones is 1. The Kier molecular flexibility index (Phi) is 1.72. The lowest BCUT2D eigenvalue weighted by molar-refractivity contribution is -0.123. The van der Waals surface area contributed by atoms with E-state index in [4.69, 9.17) is 0 Å². The average Bonchev–Trinajstić information content (AvgIpc) is 2.73. The zero-order chi connectivity index (χ0) is 12.8. The highest BCUT2D eigenvalue weighted by atomic mass is 16.1. The van der Waals surface area contributed by atoms with Gasteiger partial charge in [0.25, 0.3) is 0 Å². The SMILES string of the molecule is CC1=C[C@]23[C@H](C(C)=C1C)[C@@]2(C)C(=O)CC3(C)C. The second kappa shape index (κ2) is 2.60. The van der Waals surface area contributed by atoms with Crippen LogP contribution in [0.3, 0.4) is 0 Å². The summed E-state index contributed by atoms with van der Waals surface area (Å²) in [4.78, 5) is 12.4. The quantitative estimate of drug-likeness (QED) is 0.616. The van der Waals surface area contributed by atoms with E-state index >= 15 is 0 Å². The first-order valence-corrected chi connectivity index (χ1v) is 6.60. The maximum absolute atomic E-state index is 12.4. The Hall–Kier alpha value is -0.850. The van der Waals surface area contributed by atoms with Gasteiger partial charge in [0.15, 0.2) is 0 Å². The number of fused-ring (bicyclic) bond motifs is 1. The lowest BCUT2D eigenvalue weighted by atomic mass is 9.70. The molecular weight excluding hydrogens is 208 g/mol. The van der Waals surface area contributed by atoms with E-state index in [0.29, 0.717) is 11.7 Å². The van der Waals surface area contributed by atoms with Crippen LogP contribution in [0, 0.1) is 22.2 Å². The topological polar surface area (TPSA) is 17.1 Å². The van der Waals surface area contributed by atoms with Crippen molar-refractivity contribution < 1.29 is 4.79 Å². The third-order valence-corrected chi connectivity index (χ3v) is 6.17. The van der Waals surface area contributed by atoms with Gasteiger partial charge in [0, 0.05) is 23.2 Å². The third kappa shape index (κ3) is 0.861. The van der Waals surface area contributed by atoms with Crippen LogP contribution in [-0.2, 0) is 4.79 Å². The van der Waals surface area contributed by atoms with Gasteiger partial charge in [-0.15, -0.1) is 0 Å². The van der Waals surface area contributed by atoms with E-state index < -0.39 is 0 Å². The van der Waals surface area contributed by atoms with Crippen LogP contribution >= 0.6 is 0 Å². The molecule has 0 amide bonds. The second-order valence-corrected chi connectivity index (χ2v) is 7.12. The van der Waals surface area contributed by atoms with Crippen molar-refractivity contribution >= 4 is 5.78 Å². The monoisotopic (exact) mass is 230 g/mol. The van der Waals surface area contributed by atoms with E-state index in [-0.39, 0.29) is 16.2 Å².